The van der Waals surface area contributed by atoms with E-state index in [4.69, 9.17) is 21.1 Å². The van der Waals surface area contributed by atoms with Crippen LogP contribution in [-0.4, -0.2) is 43.0 Å². The Kier molecular flexibility index (Phi) is 8.10. The zero-order valence-electron chi connectivity index (χ0n) is 18.0. The Morgan fingerprint density at radius 2 is 1.88 bits per heavy atom. The number of benzene rings is 2. The van der Waals surface area contributed by atoms with Gasteiger partial charge in [-0.1, -0.05) is 11.6 Å². The molecule has 0 saturated carbocycles. The SMILES string of the molecule is CC(C)OC(=O)c1ccc(N2C[C@@H](C(=O)OCC(=O)Nc3ccc(Br)c(Cl)c3)CC2=O)cc1. The third-order valence-electron chi connectivity index (χ3n) is 4.76. The summed E-state index contributed by atoms with van der Waals surface area (Å²) in [7, 11) is 0. The van der Waals surface area contributed by atoms with Gasteiger partial charge in [0.05, 0.1) is 22.6 Å². The van der Waals surface area contributed by atoms with Crippen LogP contribution in [0, 0.1) is 5.92 Å². The van der Waals surface area contributed by atoms with Crippen LogP contribution in [-0.2, 0) is 23.9 Å². The first-order valence-corrected chi connectivity index (χ1v) is 11.3. The Bertz CT molecular complexity index is 1070. The monoisotopic (exact) mass is 536 g/mol. The molecule has 3 rings (SSSR count). The summed E-state index contributed by atoms with van der Waals surface area (Å²) < 4.78 is 10.9. The molecule has 2 aromatic rings. The number of nitrogens with one attached hydrogen (secondary N) is 1. The molecule has 1 heterocycles. The Balaban J connectivity index is 1.52. The molecule has 8 nitrogen and oxygen atoms in total. The maximum Gasteiger partial charge on any atom is 0.338 e. The average Bonchev–Trinajstić information content (AvgIpc) is 3.16. The van der Waals surface area contributed by atoms with Crippen molar-refractivity contribution >= 4 is 62.7 Å². The molecule has 1 atom stereocenters. The highest BCUT2D eigenvalue weighted by molar-refractivity contribution is 9.10. The summed E-state index contributed by atoms with van der Waals surface area (Å²) in [5, 5.41) is 3.02. The van der Waals surface area contributed by atoms with Crippen molar-refractivity contribution in [3.63, 3.8) is 0 Å². The Morgan fingerprint density at radius 3 is 2.52 bits per heavy atom. The van der Waals surface area contributed by atoms with Crippen molar-refractivity contribution in [1.82, 2.24) is 0 Å². The molecule has 0 spiro atoms. The van der Waals surface area contributed by atoms with Crippen molar-refractivity contribution in [2.45, 2.75) is 26.4 Å². The summed E-state index contributed by atoms with van der Waals surface area (Å²) in [5.74, 6) is -2.55. The zero-order chi connectivity index (χ0) is 24.1. The fraction of sp³-hybridized carbons (Fsp3) is 0.304. The van der Waals surface area contributed by atoms with E-state index in [-0.39, 0.29) is 25.0 Å². The third-order valence-corrected chi connectivity index (χ3v) is 6.00. The number of halogens is 2. The van der Waals surface area contributed by atoms with Crippen LogP contribution in [0.5, 0.6) is 0 Å². The van der Waals surface area contributed by atoms with E-state index >= 15 is 0 Å². The maximum absolute atomic E-state index is 12.4. The van der Waals surface area contributed by atoms with Gasteiger partial charge in [0, 0.05) is 28.8 Å². The lowest BCUT2D eigenvalue weighted by atomic mass is 10.1. The van der Waals surface area contributed by atoms with Crippen molar-refractivity contribution < 1.29 is 28.7 Å². The molecule has 33 heavy (non-hydrogen) atoms. The van der Waals surface area contributed by atoms with Gasteiger partial charge in [-0.2, -0.15) is 0 Å². The Labute approximate surface area is 204 Å². The van der Waals surface area contributed by atoms with Gasteiger partial charge in [-0.05, 0) is 72.2 Å². The predicted octanol–water partition coefficient (Wildman–Crippen LogP) is 4.20. The summed E-state index contributed by atoms with van der Waals surface area (Å²) in [6.45, 7) is 3.16. The van der Waals surface area contributed by atoms with E-state index in [0.29, 0.717) is 26.4 Å². The second-order valence-corrected chi connectivity index (χ2v) is 8.95. The number of amides is 2. The first-order chi connectivity index (χ1) is 15.6. The molecule has 1 fully saturated rings. The summed E-state index contributed by atoms with van der Waals surface area (Å²) in [6, 6.07) is 11.3. The summed E-state index contributed by atoms with van der Waals surface area (Å²) in [5.41, 5.74) is 1.39. The molecule has 0 radical (unpaired) electrons. The molecule has 1 N–H and O–H groups in total. The van der Waals surface area contributed by atoms with Crippen LogP contribution in [0.2, 0.25) is 5.02 Å². The number of hydrogen-bond donors (Lipinski definition) is 1. The number of rotatable bonds is 7. The van der Waals surface area contributed by atoms with E-state index < -0.39 is 30.4 Å². The highest BCUT2D eigenvalue weighted by Gasteiger charge is 2.36. The largest absolute Gasteiger partial charge is 0.459 e. The lowest BCUT2D eigenvalue weighted by molar-refractivity contribution is -0.151. The number of hydrogen-bond acceptors (Lipinski definition) is 6. The van der Waals surface area contributed by atoms with Crippen LogP contribution < -0.4 is 10.2 Å². The minimum absolute atomic E-state index is 0.0279. The molecule has 10 heteroatoms. The minimum atomic E-state index is -0.696. The zero-order valence-corrected chi connectivity index (χ0v) is 20.3. The Morgan fingerprint density at radius 1 is 1.18 bits per heavy atom. The highest BCUT2D eigenvalue weighted by Crippen LogP contribution is 2.27. The van der Waals surface area contributed by atoms with E-state index in [1.54, 1.807) is 56.3 Å². The van der Waals surface area contributed by atoms with E-state index in [0.717, 1.165) is 0 Å². The number of nitrogens with zero attached hydrogens (tertiary/aromatic N) is 1. The van der Waals surface area contributed by atoms with Gasteiger partial charge in [0.25, 0.3) is 5.91 Å². The van der Waals surface area contributed by atoms with Crippen LogP contribution >= 0.6 is 27.5 Å². The van der Waals surface area contributed by atoms with Gasteiger partial charge in [0.15, 0.2) is 6.61 Å². The summed E-state index contributed by atoms with van der Waals surface area (Å²) in [6.07, 6.45) is -0.265. The summed E-state index contributed by atoms with van der Waals surface area (Å²) in [4.78, 5) is 50.3. The molecule has 1 aliphatic rings. The fourth-order valence-electron chi connectivity index (χ4n) is 3.20. The molecule has 0 bridgehead atoms. The van der Waals surface area contributed by atoms with Crippen molar-refractivity contribution in [3.8, 4) is 0 Å². The lowest BCUT2D eigenvalue weighted by Crippen LogP contribution is -2.28. The Hall–Kier alpha value is -2.91. The van der Waals surface area contributed by atoms with E-state index in [2.05, 4.69) is 21.2 Å². The van der Waals surface area contributed by atoms with Gasteiger partial charge in [-0.15, -0.1) is 0 Å². The molecule has 2 amide bonds. The molecular formula is C23H22BrClN2O6. The predicted molar refractivity (Wildman–Crippen MR) is 126 cm³/mol. The molecule has 0 unspecified atom stereocenters. The van der Waals surface area contributed by atoms with E-state index in [1.807, 2.05) is 0 Å². The van der Waals surface area contributed by atoms with E-state index in [9.17, 15) is 19.2 Å². The van der Waals surface area contributed by atoms with Crippen LogP contribution in [0.1, 0.15) is 30.6 Å². The number of anilines is 2. The second-order valence-electron chi connectivity index (χ2n) is 7.69. The standard InChI is InChI=1S/C23H22BrClN2O6/c1-13(2)33-23(31)14-3-6-17(7-4-14)27-11-15(9-21(27)29)22(30)32-12-20(28)26-16-5-8-18(24)19(25)10-16/h3-8,10,13,15H,9,11-12H2,1-2H3,(H,26,28)/t15-/m0/s1. The average molecular weight is 538 g/mol. The van der Waals surface area contributed by atoms with Crippen LogP contribution in [0.15, 0.2) is 46.9 Å². The van der Waals surface area contributed by atoms with Crippen molar-refractivity contribution in [2.24, 2.45) is 5.92 Å². The van der Waals surface area contributed by atoms with Crippen molar-refractivity contribution in [1.29, 1.82) is 0 Å². The van der Waals surface area contributed by atoms with Gasteiger partial charge in [-0.25, -0.2) is 4.79 Å². The quantitative estimate of drug-likeness (QED) is 0.531. The normalized spacial score (nSPS) is 15.5. The molecule has 2 aromatic carbocycles. The highest BCUT2D eigenvalue weighted by atomic mass is 79.9. The van der Waals surface area contributed by atoms with Gasteiger partial charge in [0.1, 0.15) is 0 Å². The van der Waals surface area contributed by atoms with Gasteiger partial charge < -0.3 is 19.7 Å². The minimum Gasteiger partial charge on any atom is -0.459 e. The fourth-order valence-corrected chi connectivity index (χ4v) is 3.63. The topological polar surface area (TPSA) is 102 Å². The number of carbonyl (C=O) groups is 4. The van der Waals surface area contributed by atoms with Crippen LogP contribution in [0.4, 0.5) is 11.4 Å². The molecule has 1 saturated heterocycles. The molecule has 174 valence electrons. The first-order valence-electron chi connectivity index (χ1n) is 10.2. The molecular weight excluding hydrogens is 516 g/mol. The van der Waals surface area contributed by atoms with Gasteiger partial charge in [0.2, 0.25) is 5.91 Å². The maximum atomic E-state index is 12.4. The number of ether oxygens (including phenoxy) is 2. The lowest BCUT2D eigenvalue weighted by Gasteiger charge is -2.17. The number of carbonyl (C=O) groups excluding carboxylic acids is 4. The first kappa shape index (κ1) is 24.7. The molecule has 0 aromatic heterocycles. The van der Waals surface area contributed by atoms with Crippen LogP contribution in [0.3, 0.4) is 0 Å². The third kappa shape index (κ3) is 6.55. The van der Waals surface area contributed by atoms with Crippen LogP contribution in [0.25, 0.3) is 0 Å². The van der Waals surface area contributed by atoms with Crippen molar-refractivity contribution in [3.05, 3.63) is 57.5 Å². The molecule has 0 aliphatic carbocycles. The summed E-state index contributed by atoms with van der Waals surface area (Å²) >= 11 is 9.25. The van der Waals surface area contributed by atoms with Gasteiger partial charge in [-0.3, -0.25) is 14.4 Å². The van der Waals surface area contributed by atoms with Crippen molar-refractivity contribution in [2.75, 3.05) is 23.4 Å². The second kappa shape index (κ2) is 10.8. The smallest absolute Gasteiger partial charge is 0.338 e. The van der Waals surface area contributed by atoms with Gasteiger partial charge >= 0.3 is 11.9 Å². The molecule has 1 aliphatic heterocycles. The number of esters is 2. The van der Waals surface area contributed by atoms with E-state index in [1.165, 1.54) is 4.90 Å².